The van der Waals surface area contributed by atoms with E-state index in [-0.39, 0.29) is 0 Å². The van der Waals surface area contributed by atoms with Gasteiger partial charge in [-0.05, 0) is 31.5 Å². The van der Waals surface area contributed by atoms with Crippen molar-refractivity contribution in [3.05, 3.63) is 48.3 Å². The third-order valence-corrected chi connectivity index (χ3v) is 3.90. The molecular weight excluding hydrogens is 284 g/mol. The van der Waals surface area contributed by atoms with E-state index in [0.717, 1.165) is 24.3 Å². The molecule has 3 rings (SSSR count). The highest BCUT2D eigenvalue weighted by Gasteiger charge is 2.16. The molecule has 0 radical (unpaired) electrons. The quantitative estimate of drug-likeness (QED) is 0.675. The summed E-state index contributed by atoms with van der Waals surface area (Å²) in [6.07, 6.45) is 6.42. The van der Waals surface area contributed by atoms with Crippen LogP contribution in [0.1, 0.15) is 24.4 Å². The van der Waals surface area contributed by atoms with Gasteiger partial charge in [-0.25, -0.2) is 9.97 Å². The third kappa shape index (κ3) is 2.81. The van der Waals surface area contributed by atoms with E-state index in [1.54, 1.807) is 0 Å². The summed E-state index contributed by atoms with van der Waals surface area (Å²) >= 11 is 5.95. The second kappa shape index (κ2) is 5.90. The van der Waals surface area contributed by atoms with E-state index >= 15 is 0 Å². The number of nitrogens with zero attached hydrogens (tertiary/aromatic N) is 4. The van der Waals surface area contributed by atoms with Gasteiger partial charge in [0, 0.05) is 31.2 Å². The van der Waals surface area contributed by atoms with Gasteiger partial charge in [0.05, 0.1) is 23.4 Å². The summed E-state index contributed by atoms with van der Waals surface area (Å²) in [7, 11) is 0. The largest absolute Gasteiger partial charge is 0.335 e. The minimum absolute atomic E-state index is 0.296. The van der Waals surface area contributed by atoms with E-state index in [4.69, 9.17) is 16.6 Å². The first-order valence-corrected chi connectivity index (χ1v) is 7.71. The van der Waals surface area contributed by atoms with Crippen LogP contribution < -0.4 is 0 Å². The Hall–Kier alpha value is -1.81. The maximum Gasteiger partial charge on any atom is 0.111 e. The van der Waals surface area contributed by atoms with Crippen molar-refractivity contribution in [1.82, 2.24) is 19.1 Å². The second-order valence-electron chi connectivity index (χ2n) is 5.44. The summed E-state index contributed by atoms with van der Waals surface area (Å²) in [6, 6.07) is 6.72. The summed E-state index contributed by atoms with van der Waals surface area (Å²) in [5.41, 5.74) is 3.45. The van der Waals surface area contributed by atoms with Crippen molar-refractivity contribution in [3.63, 3.8) is 0 Å². The van der Waals surface area contributed by atoms with Crippen LogP contribution in [-0.4, -0.2) is 25.0 Å². The topological polar surface area (TPSA) is 35.6 Å². The predicted molar refractivity (Wildman–Crippen MR) is 85.8 cm³/mol. The molecule has 4 nitrogen and oxygen atoms in total. The minimum atomic E-state index is 0.296. The average Bonchev–Trinajstić information content (AvgIpc) is 3.05. The number of fused-ring (bicyclic) bond motifs is 1. The Morgan fingerprint density at radius 3 is 2.90 bits per heavy atom. The van der Waals surface area contributed by atoms with Gasteiger partial charge in [0.15, 0.2) is 0 Å². The van der Waals surface area contributed by atoms with Crippen LogP contribution >= 0.6 is 11.6 Å². The molecule has 0 saturated carbocycles. The third-order valence-electron chi connectivity index (χ3n) is 3.71. The van der Waals surface area contributed by atoms with Gasteiger partial charge >= 0.3 is 0 Å². The summed E-state index contributed by atoms with van der Waals surface area (Å²) in [5, 5.41) is 0. The zero-order valence-electron chi connectivity index (χ0n) is 12.3. The number of rotatable bonds is 5. The number of hydrogen-bond donors (Lipinski definition) is 0. The lowest BCUT2D eigenvalue weighted by atomic mass is 10.2. The average molecular weight is 303 g/mol. The number of aromatic nitrogens is 4. The van der Waals surface area contributed by atoms with Crippen molar-refractivity contribution in [2.24, 2.45) is 0 Å². The SMILES string of the molecule is Cc1ccc2c(c1)nc(CCCl)n2C(C)Cn1ccnc1. The lowest BCUT2D eigenvalue weighted by molar-refractivity contribution is 0.461. The van der Waals surface area contributed by atoms with Crippen LogP contribution in [0.2, 0.25) is 0 Å². The molecule has 0 bridgehead atoms. The van der Waals surface area contributed by atoms with Crippen LogP contribution in [0.15, 0.2) is 36.9 Å². The van der Waals surface area contributed by atoms with E-state index < -0.39 is 0 Å². The van der Waals surface area contributed by atoms with Crippen molar-refractivity contribution in [1.29, 1.82) is 0 Å². The minimum Gasteiger partial charge on any atom is -0.335 e. The van der Waals surface area contributed by atoms with Crippen LogP contribution in [-0.2, 0) is 13.0 Å². The van der Waals surface area contributed by atoms with E-state index in [1.165, 1.54) is 11.1 Å². The Kier molecular flexibility index (Phi) is 3.97. The van der Waals surface area contributed by atoms with Crippen molar-refractivity contribution >= 4 is 22.6 Å². The molecule has 0 aliphatic rings. The van der Waals surface area contributed by atoms with Crippen LogP contribution in [0.5, 0.6) is 0 Å². The maximum atomic E-state index is 5.95. The fourth-order valence-corrected chi connectivity index (χ4v) is 2.96. The summed E-state index contributed by atoms with van der Waals surface area (Å²) in [5.74, 6) is 1.64. The van der Waals surface area contributed by atoms with Crippen LogP contribution in [0, 0.1) is 6.92 Å². The highest BCUT2D eigenvalue weighted by molar-refractivity contribution is 6.17. The molecule has 1 aromatic carbocycles. The number of benzene rings is 1. The number of imidazole rings is 2. The molecule has 0 aliphatic heterocycles. The molecule has 2 heterocycles. The lowest BCUT2D eigenvalue weighted by Crippen LogP contribution is -2.15. The van der Waals surface area contributed by atoms with Gasteiger partial charge in [-0.2, -0.15) is 0 Å². The molecule has 21 heavy (non-hydrogen) atoms. The van der Waals surface area contributed by atoms with Gasteiger partial charge in [0.2, 0.25) is 0 Å². The van der Waals surface area contributed by atoms with Gasteiger partial charge in [0.1, 0.15) is 5.82 Å². The van der Waals surface area contributed by atoms with Crippen molar-refractivity contribution < 1.29 is 0 Å². The molecule has 2 aromatic heterocycles. The first kappa shape index (κ1) is 14.1. The van der Waals surface area contributed by atoms with Crippen LogP contribution in [0.3, 0.4) is 0 Å². The smallest absolute Gasteiger partial charge is 0.111 e. The normalized spacial score (nSPS) is 12.9. The Labute approximate surface area is 129 Å². The first-order chi connectivity index (χ1) is 10.2. The van der Waals surface area contributed by atoms with Crippen molar-refractivity contribution in [2.45, 2.75) is 32.9 Å². The maximum absolute atomic E-state index is 5.95. The zero-order valence-corrected chi connectivity index (χ0v) is 13.1. The van der Waals surface area contributed by atoms with Crippen molar-refractivity contribution in [3.8, 4) is 0 Å². The molecule has 0 aliphatic carbocycles. The van der Waals surface area contributed by atoms with E-state index in [9.17, 15) is 0 Å². The van der Waals surface area contributed by atoms with Gasteiger partial charge in [-0.1, -0.05) is 6.07 Å². The van der Waals surface area contributed by atoms with Gasteiger partial charge in [0.25, 0.3) is 0 Å². The Morgan fingerprint density at radius 1 is 1.33 bits per heavy atom. The Morgan fingerprint density at radius 2 is 2.19 bits per heavy atom. The molecule has 0 amide bonds. The van der Waals surface area contributed by atoms with Crippen LogP contribution in [0.4, 0.5) is 0 Å². The summed E-state index contributed by atoms with van der Waals surface area (Å²) < 4.78 is 4.40. The molecular formula is C16H19ClN4. The number of aryl methyl sites for hydroxylation is 2. The fraction of sp³-hybridized carbons (Fsp3) is 0.375. The lowest BCUT2D eigenvalue weighted by Gasteiger charge is -2.18. The zero-order chi connectivity index (χ0) is 14.8. The van der Waals surface area contributed by atoms with Crippen molar-refractivity contribution in [2.75, 3.05) is 5.88 Å². The monoisotopic (exact) mass is 302 g/mol. The van der Waals surface area contributed by atoms with Gasteiger partial charge < -0.3 is 9.13 Å². The molecule has 5 heteroatoms. The first-order valence-electron chi connectivity index (χ1n) is 7.18. The number of alkyl halides is 1. The highest BCUT2D eigenvalue weighted by Crippen LogP contribution is 2.24. The molecule has 110 valence electrons. The van der Waals surface area contributed by atoms with E-state index in [1.807, 2.05) is 18.7 Å². The highest BCUT2D eigenvalue weighted by atomic mass is 35.5. The number of hydrogen-bond acceptors (Lipinski definition) is 2. The second-order valence-corrected chi connectivity index (χ2v) is 5.82. The molecule has 1 atom stereocenters. The van der Waals surface area contributed by atoms with E-state index in [2.05, 4.69) is 46.2 Å². The van der Waals surface area contributed by atoms with Gasteiger partial charge in [-0.15, -0.1) is 11.6 Å². The predicted octanol–water partition coefficient (Wildman–Crippen LogP) is 3.58. The Bertz CT molecular complexity index is 730. The Balaban J connectivity index is 2.03. The van der Waals surface area contributed by atoms with Gasteiger partial charge in [-0.3, -0.25) is 0 Å². The molecule has 0 fully saturated rings. The summed E-state index contributed by atoms with van der Waals surface area (Å²) in [4.78, 5) is 8.87. The fourth-order valence-electron chi connectivity index (χ4n) is 2.79. The molecule has 0 N–H and O–H groups in total. The molecule has 1 unspecified atom stereocenters. The van der Waals surface area contributed by atoms with Crippen LogP contribution in [0.25, 0.3) is 11.0 Å². The van der Waals surface area contributed by atoms with E-state index in [0.29, 0.717) is 11.9 Å². The standard InChI is InChI=1S/C16H19ClN4/c1-12-3-4-15-14(9-12)19-16(5-6-17)21(15)13(2)10-20-8-7-18-11-20/h3-4,7-9,11,13H,5-6,10H2,1-2H3. The number of halogens is 1. The summed E-state index contributed by atoms with van der Waals surface area (Å²) in [6.45, 7) is 5.17. The molecule has 3 aromatic rings. The molecule has 0 spiro atoms. The molecule has 0 saturated heterocycles.